The predicted octanol–water partition coefficient (Wildman–Crippen LogP) is 4.69. The SMILES string of the molecule is CCCN(Cc1nc2cc(Cl)ccc2c(=O)[nH]1)C(=O)c1oc2c(c1C)C(=O)CC(C)(C)C2. The Labute approximate surface area is 190 Å². The average molecular weight is 456 g/mol. The van der Waals surface area contributed by atoms with Gasteiger partial charge in [-0.3, -0.25) is 14.4 Å². The Bertz CT molecular complexity index is 1290. The second-order valence-electron chi connectivity index (χ2n) is 9.20. The first-order valence-corrected chi connectivity index (χ1v) is 11.1. The standard InChI is InChI=1S/C24H26ClN3O4/c1-5-8-28(12-19-26-16-9-14(25)6-7-15(16)22(30)27-19)23(31)21-13(2)20-17(29)10-24(3,4)11-18(20)32-21/h6-7,9H,5,8,10-12H2,1-4H3,(H,26,27,30). The van der Waals surface area contributed by atoms with Crippen LogP contribution in [0.15, 0.2) is 27.4 Å². The summed E-state index contributed by atoms with van der Waals surface area (Å²) in [7, 11) is 0. The zero-order valence-corrected chi connectivity index (χ0v) is 19.4. The summed E-state index contributed by atoms with van der Waals surface area (Å²) in [6, 6.07) is 4.88. The van der Waals surface area contributed by atoms with Gasteiger partial charge < -0.3 is 14.3 Å². The van der Waals surface area contributed by atoms with Crippen molar-refractivity contribution >= 4 is 34.2 Å². The van der Waals surface area contributed by atoms with Crippen molar-refractivity contribution < 1.29 is 14.0 Å². The summed E-state index contributed by atoms with van der Waals surface area (Å²) in [5, 5.41) is 0.912. The van der Waals surface area contributed by atoms with Crippen LogP contribution in [0.5, 0.6) is 0 Å². The van der Waals surface area contributed by atoms with Gasteiger partial charge in [0.2, 0.25) is 0 Å². The van der Waals surface area contributed by atoms with Crippen molar-refractivity contribution in [1.29, 1.82) is 0 Å². The number of halogens is 1. The summed E-state index contributed by atoms with van der Waals surface area (Å²) < 4.78 is 5.96. The van der Waals surface area contributed by atoms with Crippen LogP contribution in [0, 0.1) is 12.3 Å². The van der Waals surface area contributed by atoms with Gasteiger partial charge in [-0.2, -0.15) is 0 Å². The quantitative estimate of drug-likeness (QED) is 0.602. The summed E-state index contributed by atoms with van der Waals surface area (Å²) in [5.74, 6) is 0.808. The molecule has 0 atom stereocenters. The molecule has 0 spiro atoms. The third-order valence-corrected chi connectivity index (χ3v) is 6.05. The number of H-pyrrole nitrogens is 1. The molecule has 1 N–H and O–H groups in total. The summed E-state index contributed by atoms with van der Waals surface area (Å²) in [4.78, 5) is 47.4. The van der Waals surface area contributed by atoms with E-state index in [1.54, 1.807) is 30.0 Å². The number of carbonyl (C=O) groups excluding carboxylic acids is 2. The van der Waals surface area contributed by atoms with Crippen LogP contribution in [0.25, 0.3) is 10.9 Å². The van der Waals surface area contributed by atoms with E-state index in [2.05, 4.69) is 9.97 Å². The van der Waals surface area contributed by atoms with Crippen molar-refractivity contribution in [1.82, 2.24) is 14.9 Å². The predicted molar refractivity (Wildman–Crippen MR) is 122 cm³/mol. The van der Waals surface area contributed by atoms with Crippen molar-refractivity contribution in [3.05, 3.63) is 62.0 Å². The number of nitrogens with zero attached hydrogens (tertiary/aromatic N) is 2. The number of carbonyl (C=O) groups is 2. The van der Waals surface area contributed by atoms with E-state index in [-0.39, 0.29) is 35.0 Å². The van der Waals surface area contributed by atoms with Gasteiger partial charge >= 0.3 is 0 Å². The normalized spacial score (nSPS) is 15.1. The average Bonchev–Trinajstić information content (AvgIpc) is 3.01. The van der Waals surface area contributed by atoms with Crippen LogP contribution >= 0.6 is 11.6 Å². The van der Waals surface area contributed by atoms with Crippen LogP contribution in [0.2, 0.25) is 5.02 Å². The van der Waals surface area contributed by atoms with E-state index in [0.717, 1.165) is 0 Å². The van der Waals surface area contributed by atoms with Crippen LogP contribution in [0.1, 0.15) is 71.7 Å². The molecular weight excluding hydrogens is 430 g/mol. The van der Waals surface area contributed by atoms with Gasteiger partial charge in [-0.1, -0.05) is 32.4 Å². The Hall–Kier alpha value is -2.93. The molecule has 1 amide bonds. The Morgan fingerprint density at radius 2 is 2.03 bits per heavy atom. The number of ketones is 1. The summed E-state index contributed by atoms with van der Waals surface area (Å²) in [5.41, 5.74) is 1.10. The van der Waals surface area contributed by atoms with Gasteiger partial charge in [0.25, 0.3) is 11.5 Å². The van der Waals surface area contributed by atoms with E-state index in [1.807, 2.05) is 20.8 Å². The minimum atomic E-state index is -0.321. The van der Waals surface area contributed by atoms with E-state index >= 15 is 0 Å². The fourth-order valence-electron chi connectivity index (χ4n) is 4.37. The fourth-order valence-corrected chi connectivity index (χ4v) is 4.54. The van der Waals surface area contributed by atoms with Gasteiger partial charge in [0.1, 0.15) is 11.6 Å². The first-order valence-electron chi connectivity index (χ1n) is 10.7. The molecule has 3 aromatic rings. The van der Waals surface area contributed by atoms with Crippen molar-refractivity contribution in [2.75, 3.05) is 6.54 Å². The highest BCUT2D eigenvalue weighted by Crippen LogP contribution is 2.38. The summed E-state index contributed by atoms with van der Waals surface area (Å²) >= 11 is 6.05. The number of hydrogen-bond donors (Lipinski definition) is 1. The maximum Gasteiger partial charge on any atom is 0.290 e. The van der Waals surface area contributed by atoms with Gasteiger partial charge in [0, 0.05) is 30.0 Å². The molecule has 4 rings (SSSR count). The van der Waals surface area contributed by atoms with E-state index in [9.17, 15) is 14.4 Å². The highest BCUT2D eigenvalue weighted by Gasteiger charge is 2.37. The Kier molecular flexibility index (Phi) is 5.71. The Morgan fingerprint density at radius 1 is 1.28 bits per heavy atom. The molecule has 0 saturated heterocycles. The second-order valence-corrected chi connectivity index (χ2v) is 9.63. The lowest BCUT2D eigenvalue weighted by atomic mass is 9.76. The lowest BCUT2D eigenvalue weighted by molar-refractivity contribution is 0.0700. The van der Waals surface area contributed by atoms with E-state index in [1.165, 1.54) is 0 Å². The third kappa shape index (κ3) is 4.09. The third-order valence-electron chi connectivity index (χ3n) is 5.81. The van der Waals surface area contributed by atoms with Gasteiger partial charge in [0.15, 0.2) is 11.5 Å². The monoisotopic (exact) mass is 455 g/mol. The molecule has 1 aliphatic rings. The number of amides is 1. The molecule has 1 aromatic carbocycles. The van der Waals surface area contributed by atoms with Crippen molar-refractivity contribution in [3.8, 4) is 0 Å². The number of furan rings is 1. The second kappa shape index (κ2) is 8.20. The largest absolute Gasteiger partial charge is 0.455 e. The van der Waals surface area contributed by atoms with Gasteiger partial charge in [0.05, 0.1) is 23.0 Å². The summed E-state index contributed by atoms with van der Waals surface area (Å²) in [6.07, 6.45) is 1.74. The summed E-state index contributed by atoms with van der Waals surface area (Å²) in [6.45, 7) is 8.31. The van der Waals surface area contributed by atoms with E-state index < -0.39 is 0 Å². The van der Waals surface area contributed by atoms with Crippen LogP contribution in [0.3, 0.4) is 0 Å². The molecule has 168 valence electrons. The number of fused-ring (bicyclic) bond motifs is 2. The molecule has 0 unspecified atom stereocenters. The van der Waals surface area contributed by atoms with Crippen LogP contribution in [-0.2, 0) is 13.0 Å². The first kappa shape index (κ1) is 22.3. The maximum atomic E-state index is 13.4. The zero-order chi connectivity index (χ0) is 23.2. The van der Waals surface area contributed by atoms with Gasteiger partial charge in [-0.15, -0.1) is 0 Å². The molecule has 1 aliphatic carbocycles. The number of benzene rings is 1. The lowest BCUT2D eigenvalue weighted by Crippen LogP contribution is -2.33. The van der Waals surface area contributed by atoms with Crippen LogP contribution in [-0.4, -0.2) is 33.1 Å². The minimum absolute atomic E-state index is 0.0102. The molecule has 0 bridgehead atoms. The first-order chi connectivity index (χ1) is 15.1. The number of aromatic nitrogens is 2. The van der Waals surface area contributed by atoms with Gasteiger partial charge in [-0.25, -0.2) is 4.98 Å². The maximum absolute atomic E-state index is 13.4. The molecule has 0 radical (unpaired) electrons. The number of nitrogens with one attached hydrogen (secondary N) is 1. The van der Waals surface area contributed by atoms with Gasteiger partial charge in [-0.05, 0) is 37.0 Å². The molecule has 0 fully saturated rings. The molecule has 32 heavy (non-hydrogen) atoms. The molecule has 2 heterocycles. The number of hydrogen-bond acceptors (Lipinski definition) is 5. The Balaban J connectivity index is 1.69. The van der Waals surface area contributed by atoms with Crippen molar-refractivity contribution in [2.45, 2.75) is 53.5 Å². The molecule has 8 heteroatoms. The number of Topliss-reactive ketones (excluding diaryl/α,β-unsaturated/α-hetero) is 1. The molecular formula is C24H26ClN3O4. The zero-order valence-electron chi connectivity index (χ0n) is 18.7. The van der Waals surface area contributed by atoms with Crippen LogP contribution < -0.4 is 5.56 Å². The molecule has 0 saturated carbocycles. The Morgan fingerprint density at radius 3 is 2.75 bits per heavy atom. The number of aromatic amines is 1. The molecule has 2 aromatic heterocycles. The van der Waals surface area contributed by atoms with Crippen molar-refractivity contribution in [3.63, 3.8) is 0 Å². The molecule has 7 nitrogen and oxygen atoms in total. The van der Waals surface area contributed by atoms with E-state index in [4.69, 9.17) is 16.0 Å². The van der Waals surface area contributed by atoms with Crippen LogP contribution in [0.4, 0.5) is 0 Å². The topological polar surface area (TPSA) is 96.3 Å². The highest BCUT2D eigenvalue weighted by atomic mass is 35.5. The molecule has 0 aliphatic heterocycles. The lowest BCUT2D eigenvalue weighted by Gasteiger charge is -2.27. The van der Waals surface area contributed by atoms with E-state index in [0.29, 0.717) is 64.4 Å². The highest BCUT2D eigenvalue weighted by molar-refractivity contribution is 6.31. The minimum Gasteiger partial charge on any atom is -0.455 e. The fraction of sp³-hybridized carbons (Fsp3) is 0.417. The number of rotatable bonds is 5. The van der Waals surface area contributed by atoms with Crippen molar-refractivity contribution in [2.24, 2.45) is 5.41 Å². The smallest absolute Gasteiger partial charge is 0.290 e.